The summed E-state index contributed by atoms with van der Waals surface area (Å²) in [6, 6.07) is 17.7. The minimum Gasteiger partial charge on any atom is -0.378 e. The van der Waals surface area contributed by atoms with Crippen molar-refractivity contribution in [2.45, 2.75) is 26.8 Å². The molecular weight excluding hydrogens is 262 g/mol. The zero-order valence-electron chi connectivity index (χ0n) is 12.1. The van der Waals surface area contributed by atoms with E-state index < -0.39 is 0 Å². The van der Waals surface area contributed by atoms with Crippen molar-refractivity contribution in [1.29, 1.82) is 0 Å². The Balaban J connectivity index is 1.84. The number of hydrogen-bond acceptors (Lipinski definition) is 2. The largest absolute Gasteiger partial charge is 0.378 e. The molecule has 1 atom stereocenters. The minimum absolute atomic E-state index is 0.328. The molecule has 0 radical (unpaired) electrons. The molecule has 2 aromatic carbocycles. The summed E-state index contributed by atoms with van der Waals surface area (Å²) in [5, 5.41) is 4.93. The molecule has 3 aromatic rings. The highest BCUT2D eigenvalue weighted by Crippen LogP contribution is 2.31. The van der Waals surface area contributed by atoms with Gasteiger partial charge in [0.25, 0.3) is 0 Å². The summed E-state index contributed by atoms with van der Waals surface area (Å²) in [5.74, 6) is 0. The minimum atomic E-state index is 0.328. The topological polar surface area (TPSA) is 12.0 Å². The molecular formula is C18H19NS. The van der Waals surface area contributed by atoms with E-state index in [4.69, 9.17) is 0 Å². The quantitative estimate of drug-likeness (QED) is 0.650. The zero-order chi connectivity index (χ0) is 14.1. The molecule has 1 nitrogen and oxygen atoms in total. The smallest absolute Gasteiger partial charge is 0.0578 e. The first-order valence-electron chi connectivity index (χ1n) is 6.96. The fourth-order valence-corrected chi connectivity index (χ4v) is 3.44. The van der Waals surface area contributed by atoms with Gasteiger partial charge in [-0.1, -0.05) is 24.3 Å². The molecule has 0 aliphatic rings. The van der Waals surface area contributed by atoms with E-state index in [1.165, 1.54) is 31.8 Å². The van der Waals surface area contributed by atoms with Gasteiger partial charge in [0.1, 0.15) is 0 Å². The molecule has 0 aliphatic heterocycles. The maximum absolute atomic E-state index is 3.60. The van der Waals surface area contributed by atoms with E-state index in [0.717, 1.165) is 0 Å². The van der Waals surface area contributed by atoms with E-state index in [0.29, 0.717) is 6.04 Å². The van der Waals surface area contributed by atoms with Gasteiger partial charge in [0, 0.05) is 15.3 Å². The fraction of sp³-hybridized carbons (Fsp3) is 0.222. The lowest BCUT2D eigenvalue weighted by molar-refractivity contribution is 0.908. The summed E-state index contributed by atoms with van der Waals surface area (Å²) in [5.41, 5.74) is 3.86. The Kier molecular flexibility index (Phi) is 3.49. The molecule has 0 amide bonds. The molecule has 1 N–H and O–H groups in total. The first-order chi connectivity index (χ1) is 9.63. The van der Waals surface area contributed by atoms with E-state index in [1.807, 2.05) is 11.3 Å². The molecule has 1 aromatic heterocycles. The van der Waals surface area contributed by atoms with Crippen molar-refractivity contribution in [2.75, 3.05) is 5.32 Å². The van der Waals surface area contributed by atoms with E-state index in [9.17, 15) is 0 Å². The van der Waals surface area contributed by atoms with Crippen molar-refractivity contribution < 1.29 is 0 Å². The van der Waals surface area contributed by atoms with E-state index in [1.54, 1.807) is 0 Å². The van der Waals surface area contributed by atoms with Gasteiger partial charge in [0.05, 0.1) is 6.04 Å². The first kappa shape index (κ1) is 13.2. The fourth-order valence-electron chi connectivity index (χ4n) is 2.37. The highest BCUT2D eigenvalue weighted by molar-refractivity contribution is 7.19. The molecule has 102 valence electrons. The molecule has 20 heavy (non-hydrogen) atoms. The zero-order valence-corrected chi connectivity index (χ0v) is 12.9. The molecule has 1 heterocycles. The number of thiophene rings is 1. The number of fused-ring (bicyclic) bond motifs is 1. The van der Waals surface area contributed by atoms with Crippen LogP contribution in [0.3, 0.4) is 0 Å². The van der Waals surface area contributed by atoms with Crippen LogP contribution in [0.5, 0.6) is 0 Å². The van der Waals surface area contributed by atoms with Crippen LogP contribution in [0.4, 0.5) is 5.69 Å². The Labute approximate surface area is 124 Å². The van der Waals surface area contributed by atoms with Crippen molar-refractivity contribution >= 4 is 27.1 Å². The van der Waals surface area contributed by atoms with Crippen molar-refractivity contribution in [1.82, 2.24) is 0 Å². The number of aryl methyl sites for hydroxylation is 2. The van der Waals surface area contributed by atoms with E-state index in [-0.39, 0.29) is 0 Å². The summed E-state index contributed by atoms with van der Waals surface area (Å²) in [4.78, 5) is 1.38. The summed E-state index contributed by atoms with van der Waals surface area (Å²) < 4.78 is 1.36. The SMILES string of the molecule is Cc1ccc(NC(C)c2cc3ccccc3s2)cc1C. The summed E-state index contributed by atoms with van der Waals surface area (Å²) in [6.45, 7) is 6.53. The summed E-state index contributed by atoms with van der Waals surface area (Å²) >= 11 is 1.87. The Morgan fingerprint density at radius 2 is 1.75 bits per heavy atom. The van der Waals surface area contributed by atoms with Crippen LogP contribution in [0, 0.1) is 13.8 Å². The van der Waals surface area contributed by atoms with Crippen LogP contribution in [0.15, 0.2) is 48.5 Å². The summed E-state index contributed by atoms with van der Waals surface area (Å²) in [6.07, 6.45) is 0. The van der Waals surface area contributed by atoms with Gasteiger partial charge in [-0.2, -0.15) is 0 Å². The lowest BCUT2D eigenvalue weighted by Gasteiger charge is -2.14. The van der Waals surface area contributed by atoms with Crippen molar-refractivity contribution in [3.05, 3.63) is 64.5 Å². The number of anilines is 1. The predicted octanol–water partition coefficient (Wildman–Crippen LogP) is 5.69. The summed E-state index contributed by atoms with van der Waals surface area (Å²) in [7, 11) is 0. The van der Waals surface area contributed by atoms with Gasteiger partial charge in [0.15, 0.2) is 0 Å². The van der Waals surface area contributed by atoms with Crippen LogP contribution < -0.4 is 5.32 Å². The predicted molar refractivity (Wildman–Crippen MR) is 89.8 cm³/mol. The van der Waals surface area contributed by atoms with E-state index >= 15 is 0 Å². The molecule has 0 saturated carbocycles. The van der Waals surface area contributed by atoms with Crippen LogP contribution in [0.25, 0.3) is 10.1 Å². The number of rotatable bonds is 3. The number of benzene rings is 2. The molecule has 0 saturated heterocycles. The molecule has 0 aliphatic carbocycles. The lowest BCUT2D eigenvalue weighted by Crippen LogP contribution is -2.04. The second kappa shape index (κ2) is 5.29. The van der Waals surface area contributed by atoms with Gasteiger partial charge >= 0.3 is 0 Å². The van der Waals surface area contributed by atoms with Gasteiger partial charge in [-0.15, -0.1) is 11.3 Å². The highest BCUT2D eigenvalue weighted by Gasteiger charge is 2.09. The Hall–Kier alpha value is -1.80. The third-order valence-electron chi connectivity index (χ3n) is 3.76. The Morgan fingerprint density at radius 3 is 2.50 bits per heavy atom. The first-order valence-corrected chi connectivity index (χ1v) is 7.77. The van der Waals surface area contributed by atoms with Crippen LogP contribution >= 0.6 is 11.3 Å². The second-order valence-corrected chi connectivity index (χ2v) is 6.47. The van der Waals surface area contributed by atoms with Crippen LogP contribution in [-0.2, 0) is 0 Å². The van der Waals surface area contributed by atoms with Gasteiger partial charge in [-0.3, -0.25) is 0 Å². The third-order valence-corrected chi connectivity index (χ3v) is 5.06. The van der Waals surface area contributed by atoms with Crippen molar-refractivity contribution in [2.24, 2.45) is 0 Å². The van der Waals surface area contributed by atoms with Crippen molar-refractivity contribution in [3.63, 3.8) is 0 Å². The van der Waals surface area contributed by atoms with Gasteiger partial charge in [-0.25, -0.2) is 0 Å². The molecule has 1 unspecified atom stereocenters. The maximum Gasteiger partial charge on any atom is 0.0578 e. The Morgan fingerprint density at radius 1 is 0.950 bits per heavy atom. The van der Waals surface area contributed by atoms with Crippen LogP contribution in [-0.4, -0.2) is 0 Å². The van der Waals surface area contributed by atoms with Gasteiger partial charge < -0.3 is 5.32 Å². The van der Waals surface area contributed by atoms with Crippen molar-refractivity contribution in [3.8, 4) is 0 Å². The van der Waals surface area contributed by atoms with Crippen LogP contribution in [0.2, 0.25) is 0 Å². The molecule has 2 heteroatoms. The molecule has 3 rings (SSSR count). The molecule has 0 spiro atoms. The third kappa shape index (κ3) is 2.56. The van der Waals surface area contributed by atoms with E-state index in [2.05, 4.69) is 74.6 Å². The maximum atomic E-state index is 3.60. The molecule has 0 fully saturated rings. The van der Waals surface area contributed by atoms with Gasteiger partial charge in [0.2, 0.25) is 0 Å². The average Bonchev–Trinajstić information content (AvgIpc) is 2.87. The molecule has 0 bridgehead atoms. The van der Waals surface area contributed by atoms with Crippen LogP contribution in [0.1, 0.15) is 29.0 Å². The number of nitrogens with one attached hydrogen (secondary N) is 1. The normalized spacial score (nSPS) is 12.6. The lowest BCUT2D eigenvalue weighted by atomic mass is 10.1. The second-order valence-electron chi connectivity index (χ2n) is 5.35. The monoisotopic (exact) mass is 281 g/mol. The van der Waals surface area contributed by atoms with Gasteiger partial charge in [-0.05, 0) is 61.5 Å². The standard InChI is InChI=1S/C18H19NS/c1-12-8-9-16(10-13(12)2)19-14(3)18-11-15-6-4-5-7-17(15)20-18/h4-11,14,19H,1-3H3. The average molecular weight is 281 g/mol. The highest BCUT2D eigenvalue weighted by atomic mass is 32.1. The Bertz CT molecular complexity index is 709. The number of hydrogen-bond donors (Lipinski definition) is 1.